The summed E-state index contributed by atoms with van der Waals surface area (Å²) in [7, 11) is -3.92. The van der Waals surface area contributed by atoms with E-state index in [9.17, 15) is 32.4 Å². The number of rotatable bonds is 7. The Hall–Kier alpha value is -4.83. The Morgan fingerprint density at radius 1 is 1.13 bits per heavy atom. The Balaban J connectivity index is 1.27. The lowest BCUT2D eigenvalue weighted by atomic mass is 9.85. The lowest BCUT2D eigenvalue weighted by Crippen LogP contribution is -2.60. The Labute approximate surface area is 323 Å². The molecule has 0 spiro atoms. The number of hydrogen-bond acceptors (Lipinski definition) is 10. The van der Waals surface area contributed by atoms with Gasteiger partial charge in [-0.05, 0) is 72.4 Å². The lowest BCUT2D eigenvalue weighted by molar-refractivity contribution is -0.142. The normalized spacial score (nSPS) is 26.7. The Bertz CT molecular complexity index is 2250. The van der Waals surface area contributed by atoms with Gasteiger partial charge in [0.05, 0.1) is 24.1 Å². The third kappa shape index (κ3) is 7.70. The number of carbonyl (C=O) groups is 4. The number of nitrogens with one attached hydrogen (secondary N) is 3. The number of fused-ring (bicyclic) bond motifs is 6. The number of sulfonamides is 1. The van der Waals surface area contributed by atoms with E-state index in [1.54, 1.807) is 38.3 Å². The molecule has 5 atom stereocenters. The summed E-state index contributed by atoms with van der Waals surface area (Å²) in [6.45, 7) is 9.04. The van der Waals surface area contributed by atoms with Crippen molar-refractivity contribution in [2.45, 2.75) is 94.6 Å². The van der Waals surface area contributed by atoms with Gasteiger partial charge < -0.3 is 20.3 Å². The zero-order valence-electron chi connectivity index (χ0n) is 31.1. The molecular formula is C39H46N6O8S2. The molecule has 4 aliphatic rings. The number of thiophene rings is 1. The number of hydrogen-bond donors (Lipinski definition) is 3. The van der Waals surface area contributed by atoms with Crippen molar-refractivity contribution < 1.29 is 32.3 Å². The number of alkyl carbamates (subject to hydrolysis) is 1. The second kappa shape index (κ2) is 14.7. The van der Waals surface area contributed by atoms with Crippen LogP contribution >= 0.6 is 11.3 Å². The average molecular weight is 791 g/mol. The van der Waals surface area contributed by atoms with E-state index >= 15 is 0 Å². The molecule has 2 aliphatic carbocycles. The van der Waals surface area contributed by atoms with Gasteiger partial charge in [-0.15, -0.1) is 17.9 Å². The number of benzene rings is 1. The monoisotopic (exact) mass is 790 g/mol. The molecule has 4 bridgehead atoms. The van der Waals surface area contributed by atoms with E-state index in [0.29, 0.717) is 43.2 Å². The van der Waals surface area contributed by atoms with Crippen molar-refractivity contribution in [1.82, 2.24) is 30.0 Å². The second-order valence-electron chi connectivity index (χ2n) is 15.9. The van der Waals surface area contributed by atoms with Gasteiger partial charge in [0.15, 0.2) is 0 Å². The van der Waals surface area contributed by atoms with Gasteiger partial charge in [0.25, 0.3) is 11.5 Å². The summed E-state index contributed by atoms with van der Waals surface area (Å²) in [5.41, 5.74) is -0.712. The first-order valence-electron chi connectivity index (χ1n) is 18.6. The summed E-state index contributed by atoms with van der Waals surface area (Å²) in [5, 5.41) is 12.6. The fourth-order valence-corrected chi connectivity index (χ4v) is 9.73. The van der Waals surface area contributed by atoms with Gasteiger partial charge >= 0.3 is 6.09 Å². The molecule has 55 heavy (non-hydrogen) atoms. The SMILES string of the molecule is C=C[C@@H]1CC1(NC(=O)[C@@H]1CC2CN1C(=O)[C@H](C(C)(C)C)NC(=O)OCC/C=C/CCc1c(-c3ccc4ccsc4c3)cnn2c1=O)C(=O)NS(=O)(=O)C1CC1. The zero-order chi connectivity index (χ0) is 39.3. The summed E-state index contributed by atoms with van der Waals surface area (Å²) in [5.74, 6) is -2.71. The minimum Gasteiger partial charge on any atom is -0.449 e. The highest BCUT2D eigenvalue weighted by molar-refractivity contribution is 7.91. The van der Waals surface area contributed by atoms with Crippen LogP contribution in [0.2, 0.25) is 0 Å². The maximum atomic E-state index is 14.6. The molecule has 4 amide bonds. The molecule has 2 aromatic heterocycles. The molecule has 2 unspecified atom stereocenters. The molecular weight excluding hydrogens is 745 g/mol. The summed E-state index contributed by atoms with van der Waals surface area (Å²) in [6.07, 6.45) is 8.47. The van der Waals surface area contributed by atoms with E-state index in [4.69, 9.17) is 4.74 Å². The molecule has 3 N–H and O–H groups in total. The van der Waals surface area contributed by atoms with E-state index in [2.05, 4.69) is 27.0 Å². The van der Waals surface area contributed by atoms with Gasteiger partial charge in [0.2, 0.25) is 21.8 Å². The first kappa shape index (κ1) is 38.4. The molecule has 4 heterocycles. The number of carbonyl (C=O) groups excluding carboxylic acids is 4. The predicted molar refractivity (Wildman–Crippen MR) is 208 cm³/mol. The number of ether oxygens (including phenoxy) is 1. The van der Waals surface area contributed by atoms with Crippen molar-refractivity contribution in [3.63, 3.8) is 0 Å². The summed E-state index contributed by atoms with van der Waals surface area (Å²) >= 11 is 1.60. The molecule has 2 aliphatic heterocycles. The quantitative estimate of drug-likeness (QED) is 0.298. The van der Waals surface area contributed by atoms with Crippen LogP contribution in [-0.2, 0) is 35.6 Å². The molecule has 2 saturated carbocycles. The first-order valence-corrected chi connectivity index (χ1v) is 21.0. The van der Waals surface area contributed by atoms with Crippen molar-refractivity contribution in [2.24, 2.45) is 11.3 Å². The molecule has 292 valence electrons. The highest BCUT2D eigenvalue weighted by atomic mass is 32.2. The van der Waals surface area contributed by atoms with E-state index in [1.165, 1.54) is 15.7 Å². The predicted octanol–water partition coefficient (Wildman–Crippen LogP) is 3.97. The fraction of sp³-hybridized carbons (Fsp3) is 0.487. The van der Waals surface area contributed by atoms with Crippen LogP contribution in [0.4, 0.5) is 4.79 Å². The Morgan fingerprint density at radius 3 is 2.60 bits per heavy atom. The Kier molecular flexibility index (Phi) is 10.3. The number of aromatic nitrogens is 2. The van der Waals surface area contributed by atoms with Gasteiger partial charge in [-0.25, -0.2) is 17.9 Å². The molecule has 14 nitrogen and oxygen atoms in total. The van der Waals surface area contributed by atoms with Crippen molar-refractivity contribution in [1.29, 1.82) is 0 Å². The molecule has 7 rings (SSSR count). The lowest BCUT2D eigenvalue weighted by Gasteiger charge is -2.35. The topological polar surface area (TPSA) is 186 Å². The molecule has 0 radical (unpaired) electrons. The number of amides is 4. The van der Waals surface area contributed by atoms with Crippen molar-refractivity contribution in [3.05, 3.63) is 76.6 Å². The molecule has 1 aromatic carbocycles. The van der Waals surface area contributed by atoms with Crippen LogP contribution in [0.25, 0.3) is 21.2 Å². The highest BCUT2D eigenvalue weighted by Gasteiger charge is 2.62. The number of cyclic esters (lactones) is 1. The van der Waals surface area contributed by atoms with Gasteiger partial charge in [-0.2, -0.15) is 5.10 Å². The van der Waals surface area contributed by atoms with Gasteiger partial charge in [-0.3, -0.25) is 23.9 Å². The third-order valence-electron chi connectivity index (χ3n) is 10.9. The van der Waals surface area contributed by atoms with E-state index in [-0.39, 0.29) is 31.6 Å². The van der Waals surface area contributed by atoms with Crippen molar-refractivity contribution >= 4 is 55.3 Å². The average Bonchev–Trinajstić information content (AvgIpc) is 4.02. The van der Waals surface area contributed by atoms with E-state index in [1.807, 2.05) is 41.8 Å². The number of allylic oxidation sites excluding steroid dienone is 1. The molecule has 16 heteroatoms. The first-order chi connectivity index (χ1) is 26.1. The minimum absolute atomic E-state index is 0.0392. The van der Waals surface area contributed by atoms with Crippen LogP contribution < -0.4 is 20.9 Å². The smallest absolute Gasteiger partial charge is 0.407 e. The van der Waals surface area contributed by atoms with Crippen LogP contribution in [0.3, 0.4) is 0 Å². The van der Waals surface area contributed by atoms with E-state index < -0.39 is 74.1 Å². The summed E-state index contributed by atoms with van der Waals surface area (Å²) in [6, 6.07) is 4.93. The van der Waals surface area contributed by atoms with Gasteiger partial charge in [0.1, 0.15) is 17.6 Å². The maximum Gasteiger partial charge on any atom is 0.407 e. The standard InChI is InChI=1S/C39H46N6O8S2/c1-5-25-20-39(25,36(49)43-55(51,52)27-13-14-27)42-33(46)30-19-26-22-44(30)35(48)32(38(2,3)4)41-37(50)53-16-9-7-6-8-10-28-29(21-40-45(26)34(28)47)24-12-11-23-15-17-54-31(23)18-24/h5-7,11-12,15,17-18,21,25-27,30,32H,1,8-10,13-14,16,19-20,22H2,2-4H3,(H,41,50)(H,42,46)(H,43,49)/b7-6+/t25-,26?,30+,32-,39?/m1/s1. The fourth-order valence-electron chi connectivity index (χ4n) is 7.54. The summed E-state index contributed by atoms with van der Waals surface area (Å²) in [4.78, 5) is 71.4. The van der Waals surface area contributed by atoms with Crippen LogP contribution in [0.5, 0.6) is 0 Å². The van der Waals surface area contributed by atoms with Crippen molar-refractivity contribution in [3.8, 4) is 11.1 Å². The molecule has 1 saturated heterocycles. The minimum atomic E-state index is -3.92. The zero-order valence-corrected chi connectivity index (χ0v) is 32.7. The number of nitrogens with zero attached hydrogens (tertiary/aromatic N) is 3. The summed E-state index contributed by atoms with van der Waals surface area (Å²) < 4.78 is 35.5. The van der Waals surface area contributed by atoms with Crippen molar-refractivity contribution in [2.75, 3.05) is 13.2 Å². The van der Waals surface area contributed by atoms with Crippen LogP contribution in [0, 0.1) is 11.3 Å². The van der Waals surface area contributed by atoms with Crippen LogP contribution in [0.1, 0.15) is 70.9 Å². The van der Waals surface area contributed by atoms with Gasteiger partial charge in [0, 0.05) is 34.7 Å². The second-order valence-corrected chi connectivity index (χ2v) is 18.8. The van der Waals surface area contributed by atoms with Crippen LogP contribution in [-0.4, -0.2) is 82.9 Å². The molecule has 3 aromatic rings. The maximum absolute atomic E-state index is 14.6. The third-order valence-corrected chi connectivity index (χ3v) is 13.6. The van der Waals surface area contributed by atoms with Crippen LogP contribution in [0.15, 0.2) is 65.4 Å². The molecule has 3 fully saturated rings. The van der Waals surface area contributed by atoms with E-state index in [0.717, 1.165) is 15.6 Å². The largest absolute Gasteiger partial charge is 0.449 e. The highest BCUT2D eigenvalue weighted by Crippen LogP contribution is 2.46. The van der Waals surface area contributed by atoms with Gasteiger partial charge in [-0.1, -0.05) is 51.1 Å². The Morgan fingerprint density at radius 2 is 1.89 bits per heavy atom.